The zero-order chi connectivity index (χ0) is 16.1. The molecule has 0 saturated carbocycles. The fourth-order valence-corrected chi connectivity index (χ4v) is 2.79. The number of benzene rings is 1. The number of anilines is 1. The van der Waals surface area contributed by atoms with Gasteiger partial charge in [0, 0.05) is 18.2 Å². The molecular formula is C14H18ClN3O4. The minimum atomic E-state index is -0.545. The molecule has 1 aliphatic rings. The summed E-state index contributed by atoms with van der Waals surface area (Å²) in [5.41, 5.74) is 0.217. The number of non-ortho nitro benzene ring substituents is 1. The number of nitrogens with one attached hydrogen (secondary N) is 1. The zero-order valence-electron chi connectivity index (χ0n) is 12.0. The second kappa shape index (κ2) is 7.53. The Bertz CT molecular complexity index is 567. The number of hydrogen-bond acceptors (Lipinski definition) is 5. The van der Waals surface area contributed by atoms with Crippen LogP contribution in [0.4, 0.5) is 11.4 Å². The number of amides is 1. The Balaban J connectivity index is 1.98. The molecule has 1 heterocycles. The highest BCUT2D eigenvalue weighted by atomic mass is 35.5. The number of hydrogen-bond donors (Lipinski definition) is 2. The topological polar surface area (TPSA) is 95.7 Å². The number of piperidine rings is 1. The summed E-state index contributed by atoms with van der Waals surface area (Å²) >= 11 is 5.94. The number of carbonyl (C=O) groups excluding carboxylic acids is 1. The fourth-order valence-electron chi connectivity index (χ4n) is 2.57. The fraction of sp³-hybridized carbons (Fsp3) is 0.500. The van der Waals surface area contributed by atoms with Gasteiger partial charge in [-0.15, -0.1) is 0 Å². The molecule has 8 heteroatoms. The van der Waals surface area contributed by atoms with E-state index in [1.54, 1.807) is 0 Å². The molecule has 0 bridgehead atoms. The van der Waals surface area contributed by atoms with E-state index < -0.39 is 4.92 Å². The van der Waals surface area contributed by atoms with Crippen molar-refractivity contribution in [3.63, 3.8) is 0 Å². The number of likely N-dealkylation sites (tertiary alicyclic amines) is 1. The number of nitro groups is 1. The van der Waals surface area contributed by atoms with Crippen LogP contribution in [-0.2, 0) is 4.79 Å². The summed E-state index contributed by atoms with van der Waals surface area (Å²) in [4.78, 5) is 24.1. The summed E-state index contributed by atoms with van der Waals surface area (Å²) in [6.07, 6.45) is 2.93. The van der Waals surface area contributed by atoms with Gasteiger partial charge < -0.3 is 10.4 Å². The third-order valence-electron chi connectivity index (χ3n) is 3.74. The van der Waals surface area contributed by atoms with Crippen LogP contribution in [0.2, 0.25) is 5.02 Å². The SMILES string of the molecule is O=C(CN1CCCCC1CO)Nc1ccc([N+](=O)[O-])cc1Cl. The van der Waals surface area contributed by atoms with E-state index in [4.69, 9.17) is 11.6 Å². The minimum Gasteiger partial charge on any atom is -0.395 e. The summed E-state index contributed by atoms with van der Waals surface area (Å²) in [5, 5.41) is 22.8. The number of nitrogens with zero attached hydrogens (tertiary/aromatic N) is 2. The molecule has 2 N–H and O–H groups in total. The van der Waals surface area contributed by atoms with E-state index in [1.807, 2.05) is 4.90 Å². The van der Waals surface area contributed by atoms with Crippen LogP contribution < -0.4 is 5.32 Å². The Morgan fingerprint density at radius 2 is 2.27 bits per heavy atom. The van der Waals surface area contributed by atoms with E-state index in [0.717, 1.165) is 25.8 Å². The summed E-state index contributed by atoms with van der Waals surface area (Å²) in [5.74, 6) is -0.254. The Labute approximate surface area is 133 Å². The van der Waals surface area contributed by atoms with Gasteiger partial charge in [-0.2, -0.15) is 0 Å². The lowest BCUT2D eigenvalue weighted by molar-refractivity contribution is -0.384. The standard InChI is InChI=1S/C14H18ClN3O4/c15-12-7-10(18(21)22)4-5-13(12)16-14(20)8-17-6-2-1-3-11(17)9-19/h4-5,7,11,19H,1-3,6,8-9H2,(H,16,20). The number of halogens is 1. The predicted molar refractivity (Wildman–Crippen MR) is 83.0 cm³/mol. The lowest BCUT2D eigenvalue weighted by Crippen LogP contribution is -2.45. The normalized spacial score (nSPS) is 18.9. The van der Waals surface area contributed by atoms with Crippen LogP contribution in [0, 0.1) is 10.1 Å². The number of carbonyl (C=O) groups is 1. The van der Waals surface area contributed by atoms with E-state index in [0.29, 0.717) is 5.69 Å². The maximum absolute atomic E-state index is 12.1. The highest BCUT2D eigenvalue weighted by Crippen LogP contribution is 2.26. The van der Waals surface area contributed by atoms with Crippen LogP contribution in [-0.4, -0.2) is 46.6 Å². The van der Waals surface area contributed by atoms with Crippen molar-refractivity contribution in [3.05, 3.63) is 33.3 Å². The first-order valence-electron chi connectivity index (χ1n) is 7.10. The molecule has 22 heavy (non-hydrogen) atoms. The van der Waals surface area contributed by atoms with Gasteiger partial charge in [-0.1, -0.05) is 18.0 Å². The smallest absolute Gasteiger partial charge is 0.271 e. The molecule has 120 valence electrons. The van der Waals surface area contributed by atoms with Gasteiger partial charge in [0.2, 0.25) is 5.91 Å². The molecule has 1 fully saturated rings. The van der Waals surface area contributed by atoms with Crippen molar-refractivity contribution in [2.75, 3.05) is 25.0 Å². The first-order chi connectivity index (χ1) is 10.5. The third-order valence-corrected chi connectivity index (χ3v) is 4.06. The summed E-state index contributed by atoms with van der Waals surface area (Å²) in [6.45, 7) is 0.969. The molecule has 1 aromatic carbocycles. The van der Waals surface area contributed by atoms with Crippen LogP contribution in [0.3, 0.4) is 0 Å². The van der Waals surface area contributed by atoms with Crippen molar-refractivity contribution in [2.24, 2.45) is 0 Å². The highest BCUT2D eigenvalue weighted by Gasteiger charge is 2.23. The average Bonchev–Trinajstić information content (AvgIpc) is 2.49. The quantitative estimate of drug-likeness (QED) is 0.637. The maximum atomic E-state index is 12.1. The molecule has 0 spiro atoms. The molecule has 0 aliphatic carbocycles. The van der Waals surface area contributed by atoms with Crippen LogP contribution >= 0.6 is 11.6 Å². The van der Waals surface area contributed by atoms with Gasteiger partial charge in [0.05, 0.1) is 28.8 Å². The summed E-state index contributed by atoms with van der Waals surface area (Å²) < 4.78 is 0. The third kappa shape index (κ3) is 4.16. The van der Waals surface area contributed by atoms with E-state index in [9.17, 15) is 20.0 Å². The molecule has 1 aliphatic heterocycles. The van der Waals surface area contributed by atoms with Gasteiger partial charge in [-0.05, 0) is 25.5 Å². The first-order valence-corrected chi connectivity index (χ1v) is 7.47. The first kappa shape index (κ1) is 16.7. The molecule has 1 atom stereocenters. The predicted octanol–water partition coefficient (Wildman–Crippen LogP) is 2.03. The highest BCUT2D eigenvalue weighted by molar-refractivity contribution is 6.34. The summed E-state index contributed by atoms with van der Waals surface area (Å²) in [6, 6.07) is 3.91. The van der Waals surface area contributed by atoms with Crippen molar-refractivity contribution in [2.45, 2.75) is 25.3 Å². The number of nitro benzene ring substituents is 1. The lowest BCUT2D eigenvalue weighted by atomic mass is 10.0. The second-order valence-corrected chi connectivity index (χ2v) is 5.68. The molecule has 1 amide bonds. The number of aliphatic hydroxyl groups excluding tert-OH is 1. The number of aliphatic hydroxyl groups is 1. The van der Waals surface area contributed by atoms with Crippen LogP contribution in [0.15, 0.2) is 18.2 Å². The van der Waals surface area contributed by atoms with E-state index >= 15 is 0 Å². The average molecular weight is 328 g/mol. The Morgan fingerprint density at radius 1 is 1.50 bits per heavy atom. The van der Waals surface area contributed by atoms with Crippen molar-refractivity contribution in [1.82, 2.24) is 4.90 Å². The molecule has 2 rings (SSSR count). The molecule has 0 radical (unpaired) electrons. The second-order valence-electron chi connectivity index (χ2n) is 5.27. The van der Waals surface area contributed by atoms with Crippen LogP contribution in [0.5, 0.6) is 0 Å². The van der Waals surface area contributed by atoms with Crippen molar-refractivity contribution in [3.8, 4) is 0 Å². The van der Waals surface area contributed by atoms with E-state index in [1.165, 1.54) is 18.2 Å². The lowest BCUT2D eigenvalue weighted by Gasteiger charge is -2.33. The minimum absolute atomic E-state index is 0.00633. The van der Waals surface area contributed by atoms with Gasteiger partial charge >= 0.3 is 0 Å². The zero-order valence-corrected chi connectivity index (χ0v) is 12.8. The molecular weight excluding hydrogens is 310 g/mol. The Morgan fingerprint density at radius 3 is 2.91 bits per heavy atom. The summed E-state index contributed by atoms with van der Waals surface area (Å²) in [7, 11) is 0. The molecule has 1 aromatic rings. The van der Waals surface area contributed by atoms with Crippen molar-refractivity contribution < 1.29 is 14.8 Å². The molecule has 0 aromatic heterocycles. The van der Waals surface area contributed by atoms with Crippen molar-refractivity contribution >= 4 is 28.9 Å². The molecule has 1 saturated heterocycles. The van der Waals surface area contributed by atoms with Gasteiger partial charge in [0.25, 0.3) is 5.69 Å². The molecule has 1 unspecified atom stereocenters. The van der Waals surface area contributed by atoms with Crippen molar-refractivity contribution in [1.29, 1.82) is 0 Å². The van der Waals surface area contributed by atoms with Gasteiger partial charge in [-0.25, -0.2) is 0 Å². The van der Waals surface area contributed by atoms with E-state index in [2.05, 4.69) is 5.32 Å². The monoisotopic (exact) mass is 327 g/mol. The van der Waals surface area contributed by atoms with Gasteiger partial charge in [0.15, 0.2) is 0 Å². The number of rotatable bonds is 5. The maximum Gasteiger partial charge on any atom is 0.271 e. The Kier molecular flexibility index (Phi) is 5.70. The van der Waals surface area contributed by atoms with Crippen LogP contribution in [0.1, 0.15) is 19.3 Å². The van der Waals surface area contributed by atoms with Gasteiger partial charge in [-0.3, -0.25) is 19.8 Å². The molecule has 7 nitrogen and oxygen atoms in total. The Hall–Kier alpha value is -1.70. The largest absolute Gasteiger partial charge is 0.395 e. The van der Waals surface area contributed by atoms with E-state index in [-0.39, 0.29) is 35.8 Å². The van der Waals surface area contributed by atoms with Crippen LogP contribution in [0.25, 0.3) is 0 Å². The van der Waals surface area contributed by atoms with Gasteiger partial charge in [0.1, 0.15) is 0 Å².